The van der Waals surface area contributed by atoms with E-state index in [1.807, 2.05) is 65.2 Å². The van der Waals surface area contributed by atoms with Crippen molar-refractivity contribution in [3.63, 3.8) is 0 Å². The van der Waals surface area contributed by atoms with E-state index >= 15 is 0 Å². The lowest BCUT2D eigenvalue weighted by molar-refractivity contribution is 0.102. The fraction of sp³-hybridized carbons (Fsp3) is 0.0476. The fourth-order valence-corrected chi connectivity index (χ4v) is 2.86. The van der Waals surface area contributed by atoms with E-state index in [0.29, 0.717) is 18.1 Å². The maximum absolute atomic E-state index is 12.5. The Bertz CT molecular complexity index is 1010. The molecule has 0 saturated heterocycles. The van der Waals surface area contributed by atoms with E-state index in [4.69, 9.17) is 0 Å². The molecule has 25 heavy (non-hydrogen) atoms. The molecular weight excluding hydrogens is 310 g/mol. The van der Waals surface area contributed by atoms with Crippen molar-refractivity contribution in [3.05, 3.63) is 96.1 Å². The summed E-state index contributed by atoms with van der Waals surface area (Å²) >= 11 is 0. The second kappa shape index (κ2) is 6.61. The zero-order valence-corrected chi connectivity index (χ0v) is 13.6. The number of anilines is 1. The van der Waals surface area contributed by atoms with E-state index in [9.17, 15) is 4.79 Å². The number of hydrogen-bond acceptors (Lipinski definition) is 2. The van der Waals surface area contributed by atoms with Crippen LogP contribution >= 0.6 is 0 Å². The minimum atomic E-state index is -0.162. The Kier molecular flexibility index (Phi) is 4.01. The fourth-order valence-electron chi connectivity index (χ4n) is 2.86. The molecule has 3 aromatic carbocycles. The van der Waals surface area contributed by atoms with E-state index in [1.165, 1.54) is 0 Å². The second-order valence-electron chi connectivity index (χ2n) is 5.82. The highest BCUT2D eigenvalue weighted by Gasteiger charge is 2.14. The minimum Gasteiger partial charge on any atom is -0.305 e. The van der Waals surface area contributed by atoms with E-state index in [1.54, 1.807) is 12.1 Å². The normalized spacial score (nSPS) is 10.7. The molecule has 0 aliphatic carbocycles. The molecule has 1 N–H and O–H groups in total. The van der Waals surface area contributed by atoms with Gasteiger partial charge in [0.15, 0.2) is 0 Å². The van der Waals surface area contributed by atoms with Crippen LogP contribution in [0.25, 0.3) is 11.0 Å². The predicted octanol–water partition coefficient (Wildman–Crippen LogP) is 4.34. The Labute approximate surface area is 145 Å². The Morgan fingerprint density at radius 2 is 1.48 bits per heavy atom. The quantitative estimate of drug-likeness (QED) is 0.606. The van der Waals surface area contributed by atoms with E-state index in [-0.39, 0.29) is 5.91 Å². The van der Waals surface area contributed by atoms with Crippen LogP contribution in [0.1, 0.15) is 15.9 Å². The van der Waals surface area contributed by atoms with Gasteiger partial charge in [0.2, 0.25) is 5.95 Å². The molecule has 0 aliphatic rings. The van der Waals surface area contributed by atoms with Crippen LogP contribution in [-0.4, -0.2) is 15.5 Å². The first kappa shape index (κ1) is 15.1. The van der Waals surface area contributed by atoms with Crippen LogP contribution in [0.15, 0.2) is 84.9 Å². The van der Waals surface area contributed by atoms with Crippen LogP contribution in [0.3, 0.4) is 0 Å². The number of benzene rings is 3. The number of nitrogens with one attached hydrogen (secondary N) is 1. The monoisotopic (exact) mass is 327 g/mol. The number of nitrogens with zero attached hydrogens (tertiary/aromatic N) is 2. The van der Waals surface area contributed by atoms with Crippen LogP contribution in [0, 0.1) is 0 Å². The molecule has 0 spiro atoms. The molecule has 0 bridgehead atoms. The summed E-state index contributed by atoms with van der Waals surface area (Å²) in [6.45, 7) is 0.645. The average molecular weight is 327 g/mol. The maximum Gasteiger partial charge on any atom is 0.257 e. The lowest BCUT2D eigenvalue weighted by Gasteiger charge is -2.10. The molecule has 0 fully saturated rings. The summed E-state index contributed by atoms with van der Waals surface area (Å²) in [5, 5.41) is 2.95. The first-order valence-electron chi connectivity index (χ1n) is 8.17. The molecule has 4 rings (SSSR count). The number of para-hydroxylation sites is 2. The van der Waals surface area contributed by atoms with Crippen LogP contribution in [0.4, 0.5) is 5.95 Å². The minimum absolute atomic E-state index is 0.162. The van der Waals surface area contributed by atoms with Gasteiger partial charge in [0.05, 0.1) is 17.6 Å². The number of rotatable bonds is 4. The number of carbonyl (C=O) groups excluding carboxylic acids is 1. The first-order valence-corrected chi connectivity index (χ1v) is 8.17. The first-order chi connectivity index (χ1) is 12.3. The largest absolute Gasteiger partial charge is 0.305 e. The predicted molar refractivity (Wildman–Crippen MR) is 99.7 cm³/mol. The Balaban J connectivity index is 1.73. The van der Waals surface area contributed by atoms with Gasteiger partial charge < -0.3 is 4.57 Å². The number of amides is 1. The lowest BCUT2D eigenvalue weighted by Crippen LogP contribution is -2.16. The summed E-state index contributed by atoms with van der Waals surface area (Å²) in [5.74, 6) is 0.393. The maximum atomic E-state index is 12.5. The molecule has 0 radical (unpaired) electrons. The SMILES string of the molecule is O=C(Nc1nc2ccccc2n1Cc1ccccc1)c1ccccc1. The van der Waals surface area contributed by atoms with Gasteiger partial charge in [0.25, 0.3) is 5.91 Å². The van der Waals surface area contributed by atoms with Gasteiger partial charge in [-0.25, -0.2) is 4.98 Å². The number of fused-ring (bicyclic) bond motifs is 1. The standard InChI is InChI=1S/C21H17N3O/c25-20(17-11-5-2-6-12-17)23-21-22-18-13-7-8-14-19(18)24(21)15-16-9-3-1-4-10-16/h1-14H,15H2,(H,22,23,25). The van der Waals surface area contributed by atoms with Crippen LogP contribution in [0.5, 0.6) is 0 Å². The second-order valence-corrected chi connectivity index (χ2v) is 5.82. The Hall–Kier alpha value is -3.40. The van der Waals surface area contributed by atoms with Crippen molar-refractivity contribution in [2.75, 3.05) is 5.32 Å². The average Bonchev–Trinajstić information content (AvgIpc) is 3.00. The molecule has 4 nitrogen and oxygen atoms in total. The van der Waals surface area contributed by atoms with Gasteiger partial charge >= 0.3 is 0 Å². The molecule has 1 heterocycles. The number of aromatic nitrogens is 2. The van der Waals surface area contributed by atoms with Crippen molar-refractivity contribution in [1.82, 2.24) is 9.55 Å². The Morgan fingerprint density at radius 1 is 0.840 bits per heavy atom. The molecule has 4 aromatic rings. The lowest BCUT2D eigenvalue weighted by atomic mass is 10.2. The topological polar surface area (TPSA) is 46.9 Å². The summed E-state index contributed by atoms with van der Waals surface area (Å²) in [5.41, 5.74) is 3.62. The molecule has 122 valence electrons. The molecule has 1 aromatic heterocycles. The highest BCUT2D eigenvalue weighted by Crippen LogP contribution is 2.21. The van der Waals surface area contributed by atoms with Crippen molar-refractivity contribution in [1.29, 1.82) is 0 Å². The molecule has 0 atom stereocenters. The molecule has 4 heteroatoms. The van der Waals surface area contributed by atoms with Crippen LogP contribution in [-0.2, 0) is 6.54 Å². The van der Waals surface area contributed by atoms with Gasteiger partial charge in [0, 0.05) is 5.56 Å². The molecular formula is C21H17N3O. The van der Waals surface area contributed by atoms with Gasteiger partial charge in [-0.3, -0.25) is 10.1 Å². The van der Waals surface area contributed by atoms with Gasteiger partial charge in [-0.1, -0.05) is 60.7 Å². The van der Waals surface area contributed by atoms with Crippen molar-refractivity contribution in [3.8, 4) is 0 Å². The highest BCUT2D eigenvalue weighted by molar-refractivity contribution is 6.04. The zero-order chi connectivity index (χ0) is 17.1. The van der Waals surface area contributed by atoms with Crippen molar-refractivity contribution in [2.24, 2.45) is 0 Å². The summed E-state index contributed by atoms with van der Waals surface area (Å²) in [6.07, 6.45) is 0. The number of hydrogen-bond donors (Lipinski definition) is 1. The van der Waals surface area contributed by atoms with Gasteiger partial charge in [-0.2, -0.15) is 0 Å². The van der Waals surface area contributed by atoms with Crippen molar-refractivity contribution < 1.29 is 4.79 Å². The third-order valence-corrected chi connectivity index (χ3v) is 4.10. The molecule has 0 aliphatic heterocycles. The van der Waals surface area contributed by atoms with E-state index in [0.717, 1.165) is 16.6 Å². The molecule has 0 unspecified atom stereocenters. The van der Waals surface area contributed by atoms with Crippen molar-refractivity contribution in [2.45, 2.75) is 6.54 Å². The third kappa shape index (κ3) is 3.15. The highest BCUT2D eigenvalue weighted by atomic mass is 16.1. The number of imidazole rings is 1. The van der Waals surface area contributed by atoms with E-state index < -0.39 is 0 Å². The Morgan fingerprint density at radius 3 is 2.24 bits per heavy atom. The molecule has 0 saturated carbocycles. The van der Waals surface area contributed by atoms with Crippen LogP contribution in [0.2, 0.25) is 0 Å². The van der Waals surface area contributed by atoms with E-state index in [2.05, 4.69) is 22.4 Å². The molecule has 1 amide bonds. The zero-order valence-electron chi connectivity index (χ0n) is 13.6. The van der Waals surface area contributed by atoms with Crippen molar-refractivity contribution >= 4 is 22.9 Å². The summed E-state index contributed by atoms with van der Waals surface area (Å²) in [6, 6.07) is 27.2. The summed E-state index contributed by atoms with van der Waals surface area (Å²) in [7, 11) is 0. The third-order valence-electron chi connectivity index (χ3n) is 4.10. The van der Waals surface area contributed by atoms with Gasteiger partial charge in [-0.15, -0.1) is 0 Å². The number of carbonyl (C=O) groups is 1. The smallest absolute Gasteiger partial charge is 0.257 e. The van der Waals surface area contributed by atoms with Crippen LogP contribution < -0.4 is 5.32 Å². The van der Waals surface area contributed by atoms with Gasteiger partial charge in [0.1, 0.15) is 0 Å². The summed E-state index contributed by atoms with van der Waals surface area (Å²) in [4.78, 5) is 17.1. The van der Waals surface area contributed by atoms with Gasteiger partial charge in [-0.05, 0) is 29.8 Å². The summed E-state index contributed by atoms with van der Waals surface area (Å²) < 4.78 is 2.03.